The van der Waals surface area contributed by atoms with E-state index in [-0.39, 0.29) is 30.4 Å². The Hall–Kier alpha value is -4.99. The van der Waals surface area contributed by atoms with Crippen LogP contribution in [0.25, 0.3) is 0 Å². The number of halogens is 3. The summed E-state index contributed by atoms with van der Waals surface area (Å²) in [7, 11) is 0. The molecule has 0 bridgehead atoms. The lowest BCUT2D eigenvalue weighted by atomic mass is 9.49. The van der Waals surface area contributed by atoms with Gasteiger partial charge in [0.15, 0.2) is 0 Å². The van der Waals surface area contributed by atoms with Gasteiger partial charge in [-0.15, -0.1) is 0 Å². The highest BCUT2D eigenvalue weighted by atomic mass is 35.5. The molecular formula is C40H32Cl2FN3O5. The van der Waals surface area contributed by atoms with Gasteiger partial charge in [-0.1, -0.05) is 59.1 Å². The predicted molar refractivity (Wildman–Crippen MR) is 191 cm³/mol. The first-order valence-corrected chi connectivity index (χ1v) is 17.5. The second-order valence-electron chi connectivity index (χ2n) is 13.9. The fourth-order valence-corrected chi connectivity index (χ4v) is 9.28. The Morgan fingerprint density at radius 2 is 1.41 bits per heavy atom. The van der Waals surface area contributed by atoms with E-state index in [4.69, 9.17) is 23.2 Å². The van der Waals surface area contributed by atoms with Gasteiger partial charge in [-0.25, -0.2) is 4.39 Å². The minimum absolute atomic E-state index is 0.113. The van der Waals surface area contributed by atoms with Gasteiger partial charge in [0.1, 0.15) is 11.6 Å². The van der Waals surface area contributed by atoms with Crippen LogP contribution in [0.15, 0.2) is 96.6 Å². The van der Waals surface area contributed by atoms with Crippen LogP contribution in [0.5, 0.6) is 5.75 Å². The molecule has 2 N–H and O–H groups in total. The van der Waals surface area contributed by atoms with E-state index in [9.17, 15) is 23.9 Å². The number of aryl methyl sites for hydroxylation is 2. The number of hydrazine groups is 1. The molecule has 8 nitrogen and oxygen atoms in total. The van der Waals surface area contributed by atoms with E-state index in [0.717, 1.165) is 10.6 Å². The summed E-state index contributed by atoms with van der Waals surface area (Å²) in [6, 6.07) is 22.4. The van der Waals surface area contributed by atoms with Crippen molar-refractivity contribution >= 4 is 58.2 Å². The standard InChI is InChI=1S/C40H32Cl2FN3O5/c1-20-17-22(18-21(2)35(20)47)34-29-15-16-30-33(38(50)45(36(30)48)28-13-7-25(42)8-14-28)31(29)19-32-37(49)46(44-27-11-9-26(43)10-12-27)39(51)40(32,34)23-3-5-24(41)6-4-23/h3-15,17-18,30-34,44,47H,16,19H2,1-2H3/t30-,31+,32-,33-,34-,40+/m0/s1. The number of fused-ring (bicyclic) bond motifs is 4. The van der Waals surface area contributed by atoms with Crippen LogP contribution >= 0.6 is 23.2 Å². The minimum atomic E-state index is -1.51. The van der Waals surface area contributed by atoms with Crippen LogP contribution in [0.1, 0.15) is 41.0 Å². The molecule has 2 saturated heterocycles. The van der Waals surface area contributed by atoms with Gasteiger partial charge in [-0.2, -0.15) is 5.01 Å². The Bertz CT molecular complexity index is 2150. The molecule has 3 fully saturated rings. The normalized spacial score (nSPS) is 26.9. The minimum Gasteiger partial charge on any atom is -0.507 e. The monoisotopic (exact) mass is 723 g/mol. The Balaban J connectivity index is 1.34. The maximum absolute atomic E-state index is 15.3. The third-order valence-corrected chi connectivity index (χ3v) is 11.7. The lowest BCUT2D eigenvalue weighted by Crippen LogP contribution is -2.53. The van der Waals surface area contributed by atoms with E-state index in [1.54, 1.807) is 62.4 Å². The Morgan fingerprint density at radius 3 is 2.04 bits per heavy atom. The van der Waals surface area contributed by atoms with Crippen molar-refractivity contribution in [2.45, 2.75) is 38.0 Å². The molecule has 4 aliphatic rings. The number of carbonyl (C=O) groups excluding carboxylic acids is 4. The molecule has 258 valence electrons. The maximum Gasteiger partial charge on any atom is 0.260 e. The number of carbonyl (C=O) groups is 4. The molecule has 4 amide bonds. The van der Waals surface area contributed by atoms with Crippen molar-refractivity contribution in [2.24, 2.45) is 23.7 Å². The zero-order valence-corrected chi connectivity index (χ0v) is 29.1. The van der Waals surface area contributed by atoms with Gasteiger partial charge in [0.05, 0.1) is 34.5 Å². The zero-order chi connectivity index (χ0) is 35.9. The van der Waals surface area contributed by atoms with Crippen LogP contribution in [-0.4, -0.2) is 33.7 Å². The van der Waals surface area contributed by atoms with E-state index in [1.165, 1.54) is 29.2 Å². The maximum atomic E-state index is 15.3. The predicted octanol–water partition coefficient (Wildman–Crippen LogP) is 7.64. The Labute approximate surface area is 303 Å². The van der Waals surface area contributed by atoms with E-state index >= 15 is 4.79 Å². The molecular weight excluding hydrogens is 692 g/mol. The van der Waals surface area contributed by atoms with Crippen molar-refractivity contribution < 1.29 is 28.7 Å². The first-order chi connectivity index (χ1) is 24.4. The summed E-state index contributed by atoms with van der Waals surface area (Å²) < 4.78 is 13.9. The molecule has 2 aliphatic carbocycles. The van der Waals surface area contributed by atoms with Gasteiger partial charge >= 0.3 is 0 Å². The zero-order valence-electron chi connectivity index (χ0n) is 27.6. The van der Waals surface area contributed by atoms with Crippen LogP contribution in [0.2, 0.25) is 10.0 Å². The number of anilines is 2. The number of phenols is 1. The van der Waals surface area contributed by atoms with Gasteiger partial charge in [-0.05, 0) is 116 Å². The second-order valence-corrected chi connectivity index (χ2v) is 14.7. The first-order valence-electron chi connectivity index (χ1n) is 16.7. The number of hydrogen-bond donors (Lipinski definition) is 2. The van der Waals surface area contributed by atoms with Crippen LogP contribution in [0.3, 0.4) is 0 Å². The highest BCUT2D eigenvalue weighted by Crippen LogP contribution is 2.64. The molecule has 11 heteroatoms. The van der Waals surface area contributed by atoms with Gasteiger partial charge in [0, 0.05) is 16.0 Å². The number of rotatable bonds is 5. The third-order valence-electron chi connectivity index (χ3n) is 11.2. The molecule has 0 aromatic heterocycles. The molecule has 4 aromatic rings. The van der Waals surface area contributed by atoms with Crippen molar-refractivity contribution in [2.75, 3.05) is 10.3 Å². The largest absolute Gasteiger partial charge is 0.507 e. The number of nitrogens with one attached hydrogen (secondary N) is 1. The highest BCUT2D eigenvalue weighted by Gasteiger charge is 2.70. The fourth-order valence-electron chi connectivity index (χ4n) is 9.03. The van der Waals surface area contributed by atoms with Crippen LogP contribution < -0.4 is 10.3 Å². The third kappa shape index (κ3) is 4.93. The number of aromatic hydroxyl groups is 1. The molecule has 51 heavy (non-hydrogen) atoms. The summed E-state index contributed by atoms with van der Waals surface area (Å²) in [4.78, 5) is 59.6. The molecule has 2 heterocycles. The number of nitrogens with zero attached hydrogens (tertiary/aromatic N) is 2. The van der Waals surface area contributed by atoms with Crippen molar-refractivity contribution in [1.82, 2.24) is 5.01 Å². The van der Waals surface area contributed by atoms with Gasteiger partial charge in [0.25, 0.3) is 11.8 Å². The van der Waals surface area contributed by atoms with Gasteiger partial charge in [-0.3, -0.25) is 29.5 Å². The number of hydrogen-bond acceptors (Lipinski definition) is 6. The quantitative estimate of drug-likeness (QED) is 0.162. The fraction of sp³-hybridized carbons (Fsp3) is 0.250. The molecule has 2 aliphatic heterocycles. The van der Waals surface area contributed by atoms with Gasteiger partial charge < -0.3 is 5.11 Å². The molecule has 1 saturated carbocycles. The highest BCUT2D eigenvalue weighted by molar-refractivity contribution is 6.31. The second kappa shape index (κ2) is 12.1. The molecule has 6 atom stereocenters. The average Bonchev–Trinajstić information content (AvgIpc) is 3.49. The van der Waals surface area contributed by atoms with Crippen LogP contribution in [-0.2, 0) is 24.6 Å². The van der Waals surface area contributed by atoms with E-state index in [2.05, 4.69) is 5.43 Å². The number of phenolic OH excluding ortho intramolecular Hbond substituents is 1. The summed E-state index contributed by atoms with van der Waals surface area (Å²) in [5, 5.41) is 12.8. The SMILES string of the molecule is Cc1cc([C@H]2C3=CC[C@@H]4C(=O)N(c5ccc(Cl)cc5)C(=O)[C@@H]4[C@@H]3C[C@H]3C(=O)N(Nc4ccc(F)cc4)C(=O)[C@@]23c2ccc(Cl)cc2)cc(C)c1O. The average molecular weight is 725 g/mol. The summed E-state index contributed by atoms with van der Waals surface area (Å²) in [6.07, 6.45) is 2.35. The molecule has 0 radical (unpaired) electrons. The van der Waals surface area contributed by atoms with Crippen LogP contribution in [0.4, 0.5) is 15.8 Å². The van der Waals surface area contributed by atoms with Crippen molar-refractivity contribution in [3.63, 3.8) is 0 Å². The van der Waals surface area contributed by atoms with E-state index < -0.39 is 52.6 Å². The first kappa shape index (κ1) is 33.2. The summed E-state index contributed by atoms with van der Waals surface area (Å²) in [5.41, 5.74) is 5.40. The lowest BCUT2D eigenvalue weighted by Gasteiger charge is -2.50. The smallest absolute Gasteiger partial charge is 0.260 e. The summed E-state index contributed by atoms with van der Waals surface area (Å²) in [6.45, 7) is 3.55. The van der Waals surface area contributed by atoms with E-state index in [0.29, 0.717) is 43.7 Å². The number of amides is 4. The van der Waals surface area contributed by atoms with Crippen molar-refractivity contribution in [3.8, 4) is 5.75 Å². The van der Waals surface area contributed by atoms with Gasteiger partial charge in [0.2, 0.25) is 11.8 Å². The molecule has 8 rings (SSSR count). The molecule has 4 aromatic carbocycles. The van der Waals surface area contributed by atoms with Crippen molar-refractivity contribution in [1.29, 1.82) is 0 Å². The topological polar surface area (TPSA) is 107 Å². The lowest BCUT2D eigenvalue weighted by molar-refractivity contribution is -0.138. The summed E-state index contributed by atoms with van der Waals surface area (Å²) in [5.74, 6) is -5.82. The van der Waals surface area contributed by atoms with Crippen LogP contribution in [0, 0.1) is 43.3 Å². The van der Waals surface area contributed by atoms with Crippen molar-refractivity contribution in [3.05, 3.63) is 135 Å². The number of allylic oxidation sites excluding steroid dienone is 2. The summed E-state index contributed by atoms with van der Waals surface area (Å²) >= 11 is 12.5. The molecule has 0 spiro atoms. The molecule has 0 unspecified atom stereocenters. The number of benzene rings is 4. The van der Waals surface area contributed by atoms with E-state index in [1.807, 2.05) is 18.2 Å². The number of imide groups is 2. The Kier molecular flexibility index (Phi) is 7.85. The Morgan fingerprint density at radius 1 is 0.804 bits per heavy atom.